The number of hydrogen-bond acceptors (Lipinski definition) is 4. The van der Waals surface area contributed by atoms with E-state index in [0.717, 1.165) is 16.3 Å². The molecule has 0 aliphatic rings. The van der Waals surface area contributed by atoms with E-state index in [1.807, 2.05) is 17.1 Å². The van der Waals surface area contributed by atoms with Crippen LogP contribution < -0.4 is 5.32 Å². The molecule has 0 fully saturated rings. The second kappa shape index (κ2) is 5.88. The van der Waals surface area contributed by atoms with E-state index in [2.05, 4.69) is 39.4 Å². The van der Waals surface area contributed by atoms with Crippen molar-refractivity contribution in [2.75, 3.05) is 23.9 Å². The van der Waals surface area contributed by atoms with Crippen molar-refractivity contribution in [2.24, 2.45) is 5.92 Å². The van der Waals surface area contributed by atoms with Crippen molar-refractivity contribution in [3.8, 4) is 0 Å². The van der Waals surface area contributed by atoms with Crippen LogP contribution >= 0.6 is 39.0 Å². The molecule has 0 saturated heterocycles. The third-order valence-electron chi connectivity index (χ3n) is 1.53. The van der Waals surface area contributed by atoms with Crippen LogP contribution in [0.1, 0.15) is 6.92 Å². The summed E-state index contributed by atoms with van der Waals surface area (Å²) in [6, 6.07) is 0. The predicted octanol–water partition coefficient (Wildman–Crippen LogP) is 3.32. The molecule has 0 saturated carbocycles. The maximum atomic E-state index is 4.26. The lowest BCUT2D eigenvalue weighted by atomic mass is 10.2. The fourth-order valence-electron chi connectivity index (χ4n) is 0.940. The highest BCUT2D eigenvalue weighted by Gasteiger charge is 2.02. The van der Waals surface area contributed by atoms with Gasteiger partial charge in [-0.2, -0.15) is 11.8 Å². The maximum absolute atomic E-state index is 4.26. The van der Waals surface area contributed by atoms with E-state index in [9.17, 15) is 0 Å². The summed E-state index contributed by atoms with van der Waals surface area (Å²) in [6.07, 6.45) is 2.14. The average Bonchev–Trinajstić information content (AvgIpc) is 2.49. The zero-order valence-electron chi connectivity index (χ0n) is 7.71. The Morgan fingerprint density at radius 3 is 3.08 bits per heavy atom. The van der Waals surface area contributed by atoms with Gasteiger partial charge < -0.3 is 5.32 Å². The van der Waals surface area contributed by atoms with Crippen LogP contribution in [0, 0.1) is 5.92 Å². The van der Waals surface area contributed by atoms with Gasteiger partial charge in [0.25, 0.3) is 0 Å². The van der Waals surface area contributed by atoms with Crippen molar-refractivity contribution in [1.82, 2.24) is 4.98 Å². The van der Waals surface area contributed by atoms with E-state index in [1.54, 1.807) is 11.3 Å². The lowest BCUT2D eigenvalue weighted by molar-refractivity contribution is 0.701. The van der Waals surface area contributed by atoms with Gasteiger partial charge in [-0.1, -0.05) is 6.92 Å². The monoisotopic (exact) mass is 280 g/mol. The number of halogens is 1. The number of aromatic nitrogens is 1. The van der Waals surface area contributed by atoms with Gasteiger partial charge in [0.1, 0.15) is 4.60 Å². The highest BCUT2D eigenvalue weighted by Crippen LogP contribution is 2.19. The molecule has 1 N–H and O–H groups in total. The Hall–Kier alpha value is 0.260. The fourth-order valence-corrected chi connectivity index (χ4v) is 2.78. The first-order valence-corrected chi connectivity index (χ1v) is 7.13. The number of anilines is 1. The van der Waals surface area contributed by atoms with E-state index in [1.165, 1.54) is 5.75 Å². The van der Waals surface area contributed by atoms with Crippen molar-refractivity contribution in [1.29, 1.82) is 0 Å². The zero-order chi connectivity index (χ0) is 9.68. The highest BCUT2D eigenvalue weighted by atomic mass is 79.9. The molecular weight excluding hydrogens is 268 g/mol. The second-order valence-corrected chi connectivity index (χ2v) is 5.50. The number of thioether (sulfide) groups is 1. The molecule has 74 valence electrons. The van der Waals surface area contributed by atoms with Crippen LogP contribution in [0.2, 0.25) is 0 Å². The van der Waals surface area contributed by atoms with Gasteiger partial charge in [0.15, 0.2) is 5.13 Å². The number of hydrogen-bond donors (Lipinski definition) is 1. The van der Waals surface area contributed by atoms with Crippen molar-refractivity contribution in [3.05, 3.63) is 9.98 Å². The molecule has 1 heterocycles. The van der Waals surface area contributed by atoms with Crippen LogP contribution in [-0.2, 0) is 0 Å². The number of rotatable bonds is 5. The molecule has 1 atom stereocenters. The lowest BCUT2D eigenvalue weighted by Crippen LogP contribution is -2.12. The molecule has 0 aliphatic heterocycles. The minimum atomic E-state index is 0.692. The van der Waals surface area contributed by atoms with Gasteiger partial charge in [-0.15, -0.1) is 11.3 Å². The third-order valence-corrected chi connectivity index (χ3v) is 3.94. The molecule has 0 bridgehead atoms. The Morgan fingerprint density at radius 1 is 1.77 bits per heavy atom. The van der Waals surface area contributed by atoms with Crippen LogP contribution in [-0.4, -0.2) is 23.5 Å². The first kappa shape index (κ1) is 11.3. The van der Waals surface area contributed by atoms with Crippen LogP contribution in [0.5, 0.6) is 0 Å². The standard InChI is InChI=1S/C8H13BrN2S2/c1-6(4-12-2)3-10-8-11-7(9)5-13-8/h5-6H,3-4H2,1-2H3,(H,10,11). The molecule has 0 aliphatic carbocycles. The molecule has 2 nitrogen and oxygen atoms in total. The summed E-state index contributed by atoms with van der Waals surface area (Å²) < 4.78 is 0.914. The van der Waals surface area contributed by atoms with Gasteiger partial charge in [-0.3, -0.25) is 0 Å². The van der Waals surface area contributed by atoms with Crippen LogP contribution in [0.4, 0.5) is 5.13 Å². The second-order valence-electron chi connectivity index (χ2n) is 2.92. The summed E-state index contributed by atoms with van der Waals surface area (Å²) in [5.41, 5.74) is 0. The molecule has 1 aromatic rings. The largest absolute Gasteiger partial charge is 0.361 e. The van der Waals surface area contributed by atoms with Crippen LogP contribution in [0.25, 0.3) is 0 Å². The van der Waals surface area contributed by atoms with Crippen molar-refractivity contribution in [3.63, 3.8) is 0 Å². The number of nitrogens with zero attached hydrogens (tertiary/aromatic N) is 1. The smallest absolute Gasteiger partial charge is 0.183 e. The number of thiazole rings is 1. The average molecular weight is 281 g/mol. The lowest BCUT2D eigenvalue weighted by Gasteiger charge is -2.09. The fraction of sp³-hybridized carbons (Fsp3) is 0.625. The maximum Gasteiger partial charge on any atom is 0.183 e. The summed E-state index contributed by atoms with van der Waals surface area (Å²) >= 11 is 6.84. The molecule has 13 heavy (non-hydrogen) atoms. The Kier molecular flexibility index (Phi) is 5.13. The Labute approximate surface area is 95.7 Å². The summed E-state index contributed by atoms with van der Waals surface area (Å²) in [5.74, 6) is 1.89. The molecule has 1 aromatic heterocycles. The normalized spacial score (nSPS) is 12.8. The van der Waals surface area contributed by atoms with Gasteiger partial charge in [-0.05, 0) is 33.9 Å². The van der Waals surface area contributed by atoms with Gasteiger partial charge in [-0.25, -0.2) is 4.98 Å². The van der Waals surface area contributed by atoms with Crippen molar-refractivity contribution < 1.29 is 0 Å². The van der Waals surface area contributed by atoms with E-state index in [4.69, 9.17) is 0 Å². The van der Waals surface area contributed by atoms with Crippen molar-refractivity contribution >= 4 is 44.2 Å². The highest BCUT2D eigenvalue weighted by molar-refractivity contribution is 9.10. The molecule has 1 unspecified atom stereocenters. The van der Waals surface area contributed by atoms with Gasteiger partial charge in [0.05, 0.1) is 0 Å². The number of nitrogens with one attached hydrogen (secondary N) is 1. The van der Waals surface area contributed by atoms with E-state index < -0.39 is 0 Å². The SMILES string of the molecule is CSCC(C)CNc1nc(Br)cs1. The summed E-state index contributed by atoms with van der Waals surface area (Å²) in [7, 11) is 0. The van der Waals surface area contributed by atoms with Gasteiger partial charge in [0.2, 0.25) is 0 Å². The summed E-state index contributed by atoms with van der Waals surface area (Å²) in [5, 5.41) is 6.30. The topological polar surface area (TPSA) is 24.9 Å². The Morgan fingerprint density at radius 2 is 2.54 bits per heavy atom. The molecule has 5 heteroatoms. The first-order valence-electron chi connectivity index (χ1n) is 4.06. The Bertz CT molecular complexity index is 252. The van der Waals surface area contributed by atoms with E-state index >= 15 is 0 Å². The molecule has 0 radical (unpaired) electrons. The van der Waals surface area contributed by atoms with Crippen LogP contribution in [0.3, 0.4) is 0 Å². The van der Waals surface area contributed by atoms with E-state index in [-0.39, 0.29) is 0 Å². The predicted molar refractivity (Wildman–Crippen MR) is 65.8 cm³/mol. The minimum absolute atomic E-state index is 0.692. The molecule has 0 aromatic carbocycles. The zero-order valence-corrected chi connectivity index (χ0v) is 10.9. The molecule has 0 spiro atoms. The summed E-state index contributed by atoms with van der Waals surface area (Å²) in [4.78, 5) is 4.26. The summed E-state index contributed by atoms with van der Waals surface area (Å²) in [6.45, 7) is 3.24. The van der Waals surface area contributed by atoms with Crippen LogP contribution in [0.15, 0.2) is 9.98 Å². The molecule has 1 rings (SSSR count). The Balaban J connectivity index is 2.26. The van der Waals surface area contributed by atoms with Gasteiger partial charge >= 0.3 is 0 Å². The van der Waals surface area contributed by atoms with Crippen molar-refractivity contribution in [2.45, 2.75) is 6.92 Å². The van der Waals surface area contributed by atoms with Gasteiger partial charge in [0, 0.05) is 11.9 Å². The first-order chi connectivity index (χ1) is 6.22. The quantitative estimate of drug-likeness (QED) is 0.896. The third kappa shape index (κ3) is 4.33. The molecule has 0 amide bonds. The van der Waals surface area contributed by atoms with E-state index in [0.29, 0.717) is 5.92 Å². The minimum Gasteiger partial charge on any atom is -0.361 e. The molecular formula is C8H13BrN2S2.